The van der Waals surface area contributed by atoms with Gasteiger partial charge in [-0.15, -0.1) is 0 Å². The van der Waals surface area contributed by atoms with Crippen LogP contribution < -0.4 is 5.73 Å². The molecule has 1 aromatic heterocycles. The summed E-state index contributed by atoms with van der Waals surface area (Å²) in [6, 6.07) is 12.8. The number of hydrogen-bond donors (Lipinski definition) is 1. The summed E-state index contributed by atoms with van der Waals surface area (Å²) in [5.41, 5.74) is 9.60. The van der Waals surface area contributed by atoms with E-state index >= 15 is 0 Å². The molecular formula is C15H18N2. The molecule has 0 unspecified atom stereocenters. The van der Waals surface area contributed by atoms with Crippen LogP contribution in [-0.2, 0) is 12.8 Å². The molecule has 1 aromatic carbocycles. The number of nitrogens with two attached hydrogens (primary N) is 1. The van der Waals surface area contributed by atoms with Gasteiger partial charge in [-0.1, -0.05) is 37.6 Å². The largest absolute Gasteiger partial charge is 0.384 e. The highest BCUT2D eigenvalue weighted by Crippen LogP contribution is 2.12. The zero-order valence-corrected chi connectivity index (χ0v) is 10.2. The smallest absolute Gasteiger partial charge is 0.123 e. The lowest BCUT2D eigenvalue weighted by molar-refractivity contribution is 0.920. The van der Waals surface area contributed by atoms with Gasteiger partial charge in [0.1, 0.15) is 5.82 Å². The summed E-state index contributed by atoms with van der Waals surface area (Å²) >= 11 is 0. The van der Waals surface area contributed by atoms with Crippen molar-refractivity contribution in [2.24, 2.45) is 0 Å². The molecule has 0 bridgehead atoms. The Balaban J connectivity index is 2.08. The molecule has 0 saturated carbocycles. The van der Waals surface area contributed by atoms with Gasteiger partial charge in [-0.05, 0) is 41.7 Å². The normalized spacial score (nSPS) is 10.4. The van der Waals surface area contributed by atoms with Crippen molar-refractivity contribution < 1.29 is 0 Å². The lowest BCUT2D eigenvalue weighted by Crippen LogP contribution is -1.94. The van der Waals surface area contributed by atoms with E-state index in [2.05, 4.69) is 36.2 Å². The minimum absolute atomic E-state index is 0.588. The molecule has 0 saturated heterocycles. The van der Waals surface area contributed by atoms with E-state index in [0.717, 1.165) is 12.8 Å². The SMILES string of the molecule is CCCc1ccc(Cc2ccnc(N)c2)cc1. The number of aromatic nitrogens is 1. The van der Waals surface area contributed by atoms with Gasteiger partial charge in [0.2, 0.25) is 0 Å². The minimum Gasteiger partial charge on any atom is -0.384 e. The van der Waals surface area contributed by atoms with Gasteiger partial charge in [0.05, 0.1) is 0 Å². The molecule has 0 radical (unpaired) electrons. The van der Waals surface area contributed by atoms with Crippen LogP contribution in [0.25, 0.3) is 0 Å². The van der Waals surface area contributed by atoms with E-state index in [-0.39, 0.29) is 0 Å². The summed E-state index contributed by atoms with van der Waals surface area (Å²) in [6.07, 6.45) is 5.03. The molecule has 17 heavy (non-hydrogen) atoms. The van der Waals surface area contributed by atoms with Crippen molar-refractivity contribution >= 4 is 5.82 Å². The molecule has 2 aromatic rings. The summed E-state index contributed by atoms with van der Waals surface area (Å²) in [5, 5.41) is 0. The Hall–Kier alpha value is -1.83. The van der Waals surface area contributed by atoms with E-state index < -0.39 is 0 Å². The fourth-order valence-corrected chi connectivity index (χ4v) is 1.95. The monoisotopic (exact) mass is 226 g/mol. The van der Waals surface area contributed by atoms with Crippen LogP contribution in [0.4, 0.5) is 5.82 Å². The second-order valence-electron chi connectivity index (χ2n) is 4.33. The van der Waals surface area contributed by atoms with E-state index in [0.29, 0.717) is 5.82 Å². The average Bonchev–Trinajstić information content (AvgIpc) is 2.32. The Kier molecular flexibility index (Phi) is 3.76. The van der Waals surface area contributed by atoms with Crippen LogP contribution >= 0.6 is 0 Å². The van der Waals surface area contributed by atoms with Crippen LogP contribution in [0, 0.1) is 0 Å². The number of benzene rings is 1. The third-order valence-corrected chi connectivity index (χ3v) is 2.82. The number of nitrogen functional groups attached to an aromatic ring is 1. The molecule has 0 spiro atoms. The lowest BCUT2D eigenvalue weighted by atomic mass is 10.0. The molecule has 0 aliphatic carbocycles. The molecule has 88 valence electrons. The van der Waals surface area contributed by atoms with E-state index in [1.54, 1.807) is 6.20 Å². The molecule has 2 rings (SSSR count). The van der Waals surface area contributed by atoms with Crippen LogP contribution in [0.15, 0.2) is 42.6 Å². The maximum Gasteiger partial charge on any atom is 0.123 e. The first kappa shape index (κ1) is 11.6. The fraction of sp³-hybridized carbons (Fsp3) is 0.267. The van der Waals surface area contributed by atoms with Crippen LogP contribution in [0.3, 0.4) is 0 Å². The zero-order chi connectivity index (χ0) is 12.1. The predicted octanol–water partition coefficient (Wildman–Crippen LogP) is 3.21. The molecule has 1 heterocycles. The van der Waals surface area contributed by atoms with E-state index in [9.17, 15) is 0 Å². The second kappa shape index (κ2) is 5.48. The predicted molar refractivity (Wildman–Crippen MR) is 71.9 cm³/mol. The van der Waals surface area contributed by atoms with Gasteiger partial charge in [-0.25, -0.2) is 4.98 Å². The first-order valence-electron chi connectivity index (χ1n) is 6.06. The Bertz CT molecular complexity index is 475. The molecule has 0 fully saturated rings. The molecule has 0 atom stereocenters. The molecule has 2 nitrogen and oxygen atoms in total. The first-order chi connectivity index (χ1) is 8.28. The number of hydrogen-bond acceptors (Lipinski definition) is 2. The lowest BCUT2D eigenvalue weighted by Gasteiger charge is -2.04. The zero-order valence-electron chi connectivity index (χ0n) is 10.2. The molecule has 2 N–H and O–H groups in total. The Morgan fingerprint density at radius 2 is 1.71 bits per heavy atom. The summed E-state index contributed by atoms with van der Waals surface area (Å²) in [4.78, 5) is 4.00. The Morgan fingerprint density at radius 3 is 2.35 bits per heavy atom. The molecule has 2 heteroatoms. The Morgan fingerprint density at radius 1 is 1.00 bits per heavy atom. The molecule has 0 aliphatic heterocycles. The topological polar surface area (TPSA) is 38.9 Å². The van der Waals surface area contributed by atoms with Crippen molar-refractivity contribution in [1.29, 1.82) is 0 Å². The van der Waals surface area contributed by atoms with Crippen molar-refractivity contribution in [3.8, 4) is 0 Å². The van der Waals surface area contributed by atoms with Gasteiger partial charge in [-0.2, -0.15) is 0 Å². The number of nitrogens with zero attached hydrogens (tertiary/aromatic N) is 1. The molecule has 0 aliphatic rings. The quantitative estimate of drug-likeness (QED) is 0.869. The van der Waals surface area contributed by atoms with Crippen molar-refractivity contribution in [2.45, 2.75) is 26.2 Å². The van der Waals surface area contributed by atoms with Crippen molar-refractivity contribution in [3.63, 3.8) is 0 Å². The summed E-state index contributed by atoms with van der Waals surface area (Å²) in [7, 11) is 0. The highest BCUT2D eigenvalue weighted by molar-refractivity contribution is 5.35. The summed E-state index contributed by atoms with van der Waals surface area (Å²) in [6.45, 7) is 2.20. The number of rotatable bonds is 4. The van der Waals surface area contributed by atoms with Crippen molar-refractivity contribution in [3.05, 3.63) is 59.3 Å². The molecule has 0 amide bonds. The Labute approximate surface area is 103 Å². The van der Waals surface area contributed by atoms with Crippen LogP contribution in [0.1, 0.15) is 30.0 Å². The summed E-state index contributed by atoms with van der Waals surface area (Å²) in [5.74, 6) is 0.588. The number of aryl methyl sites for hydroxylation is 1. The van der Waals surface area contributed by atoms with Crippen LogP contribution in [0.2, 0.25) is 0 Å². The van der Waals surface area contributed by atoms with E-state index in [1.165, 1.54) is 23.1 Å². The van der Waals surface area contributed by atoms with Gasteiger partial charge < -0.3 is 5.73 Å². The van der Waals surface area contributed by atoms with Gasteiger partial charge in [0.25, 0.3) is 0 Å². The van der Waals surface area contributed by atoms with Gasteiger partial charge in [0.15, 0.2) is 0 Å². The first-order valence-corrected chi connectivity index (χ1v) is 6.06. The van der Waals surface area contributed by atoms with Gasteiger partial charge in [-0.3, -0.25) is 0 Å². The standard InChI is InChI=1S/C15H18N2/c1-2-3-12-4-6-13(7-5-12)10-14-8-9-17-15(16)11-14/h4-9,11H,2-3,10H2,1H3,(H2,16,17). The van der Waals surface area contributed by atoms with Crippen LogP contribution in [0.5, 0.6) is 0 Å². The van der Waals surface area contributed by atoms with E-state index in [1.807, 2.05) is 12.1 Å². The molecular weight excluding hydrogens is 208 g/mol. The van der Waals surface area contributed by atoms with Gasteiger partial charge >= 0.3 is 0 Å². The highest BCUT2D eigenvalue weighted by Gasteiger charge is 1.98. The number of anilines is 1. The third kappa shape index (κ3) is 3.31. The number of pyridine rings is 1. The van der Waals surface area contributed by atoms with Crippen LogP contribution in [-0.4, -0.2) is 4.98 Å². The average molecular weight is 226 g/mol. The van der Waals surface area contributed by atoms with Gasteiger partial charge in [0, 0.05) is 6.20 Å². The summed E-state index contributed by atoms with van der Waals surface area (Å²) < 4.78 is 0. The minimum atomic E-state index is 0.588. The maximum absolute atomic E-state index is 5.66. The van der Waals surface area contributed by atoms with E-state index in [4.69, 9.17) is 5.73 Å². The fourth-order valence-electron chi connectivity index (χ4n) is 1.95. The maximum atomic E-state index is 5.66. The van der Waals surface area contributed by atoms with Crippen molar-refractivity contribution in [2.75, 3.05) is 5.73 Å². The van der Waals surface area contributed by atoms with Crippen molar-refractivity contribution in [1.82, 2.24) is 4.98 Å². The highest BCUT2D eigenvalue weighted by atomic mass is 14.8. The second-order valence-corrected chi connectivity index (χ2v) is 4.33. The third-order valence-electron chi connectivity index (χ3n) is 2.82.